The van der Waals surface area contributed by atoms with Crippen molar-refractivity contribution in [3.63, 3.8) is 0 Å². The molecule has 2 heterocycles. The zero-order valence-corrected chi connectivity index (χ0v) is 16.9. The summed E-state index contributed by atoms with van der Waals surface area (Å²) in [5.74, 6) is -0.207. The SMILES string of the molecule is Cc1ccccc1N(C)C(=O)Cn1nc(Cc2cccnc2)c2ccccc2c1=O. The summed E-state index contributed by atoms with van der Waals surface area (Å²) in [5, 5.41) is 5.91. The topological polar surface area (TPSA) is 68.1 Å². The van der Waals surface area contributed by atoms with E-state index in [1.165, 1.54) is 4.68 Å². The lowest BCUT2D eigenvalue weighted by atomic mass is 10.1. The van der Waals surface area contributed by atoms with Crippen molar-refractivity contribution in [1.82, 2.24) is 14.8 Å². The zero-order valence-electron chi connectivity index (χ0n) is 16.9. The molecule has 4 rings (SSSR count). The second kappa shape index (κ2) is 8.29. The third kappa shape index (κ3) is 3.85. The number of likely N-dealkylation sites (N-methyl/N-ethyl adjacent to an activating group) is 1. The summed E-state index contributed by atoms with van der Waals surface area (Å²) in [6.45, 7) is 1.82. The Morgan fingerprint density at radius 1 is 1.00 bits per heavy atom. The highest BCUT2D eigenvalue weighted by Gasteiger charge is 2.17. The van der Waals surface area contributed by atoms with Crippen molar-refractivity contribution in [2.45, 2.75) is 19.9 Å². The molecule has 1 amide bonds. The van der Waals surface area contributed by atoms with Crippen LogP contribution in [0.2, 0.25) is 0 Å². The molecule has 0 N–H and O–H groups in total. The van der Waals surface area contributed by atoms with E-state index in [-0.39, 0.29) is 18.0 Å². The van der Waals surface area contributed by atoms with E-state index in [0.717, 1.165) is 27.9 Å². The number of fused-ring (bicyclic) bond motifs is 1. The highest BCUT2D eigenvalue weighted by atomic mass is 16.2. The van der Waals surface area contributed by atoms with Crippen LogP contribution in [0.5, 0.6) is 0 Å². The quantitative estimate of drug-likeness (QED) is 0.517. The molecule has 0 aliphatic heterocycles. The average Bonchev–Trinajstić information content (AvgIpc) is 2.77. The minimum atomic E-state index is -0.271. The van der Waals surface area contributed by atoms with Crippen LogP contribution in [-0.2, 0) is 17.8 Å². The number of aryl methyl sites for hydroxylation is 1. The number of aromatic nitrogens is 3. The van der Waals surface area contributed by atoms with E-state index < -0.39 is 0 Å². The van der Waals surface area contributed by atoms with Gasteiger partial charge < -0.3 is 4.90 Å². The van der Waals surface area contributed by atoms with Crippen LogP contribution in [0.4, 0.5) is 5.69 Å². The van der Waals surface area contributed by atoms with Gasteiger partial charge >= 0.3 is 0 Å². The Morgan fingerprint density at radius 3 is 2.47 bits per heavy atom. The molecular weight excluding hydrogens is 376 g/mol. The lowest BCUT2D eigenvalue weighted by Gasteiger charge is -2.20. The van der Waals surface area contributed by atoms with Crippen LogP contribution in [0.3, 0.4) is 0 Å². The molecule has 2 aromatic heterocycles. The number of hydrogen-bond acceptors (Lipinski definition) is 4. The van der Waals surface area contributed by atoms with E-state index in [2.05, 4.69) is 10.1 Å². The molecule has 0 saturated heterocycles. The van der Waals surface area contributed by atoms with Gasteiger partial charge in [-0.2, -0.15) is 5.10 Å². The fourth-order valence-electron chi connectivity index (χ4n) is 3.55. The van der Waals surface area contributed by atoms with Gasteiger partial charge in [0.2, 0.25) is 5.91 Å². The largest absolute Gasteiger partial charge is 0.314 e. The molecule has 0 aliphatic rings. The first-order valence-corrected chi connectivity index (χ1v) is 9.74. The summed E-state index contributed by atoms with van der Waals surface area (Å²) in [4.78, 5) is 31.7. The Hall–Kier alpha value is -3.80. The van der Waals surface area contributed by atoms with Crippen LogP contribution >= 0.6 is 0 Å². The van der Waals surface area contributed by atoms with Crippen molar-refractivity contribution in [3.05, 3.63) is 100 Å². The van der Waals surface area contributed by atoms with Crippen molar-refractivity contribution in [2.75, 3.05) is 11.9 Å². The Balaban J connectivity index is 1.72. The number of para-hydroxylation sites is 1. The highest BCUT2D eigenvalue weighted by Crippen LogP contribution is 2.19. The molecule has 30 heavy (non-hydrogen) atoms. The smallest absolute Gasteiger partial charge is 0.275 e. The molecule has 0 aliphatic carbocycles. The maximum Gasteiger partial charge on any atom is 0.275 e. The third-order valence-corrected chi connectivity index (χ3v) is 5.17. The molecule has 6 nitrogen and oxygen atoms in total. The fraction of sp³-hybridized carbons (Fsp3) is 0.167. The predicted octanol–water partition coefficient (Wildman–Crippen LogP) is 3.35. The van der Waals surface area contributed by atoms with Gasteiger partial charge in [-0.3, -0.25) is 14.6 Å². The van der Waals surface area contributed by atoms with Crippen LogP contribution in [0, 0.1) is 6.92 Å². The van der Waals surface area contributed by atoms with E-state index in [9.17, 15) is 9.59 Å². The number of carbonyl (C=O) groups is 1. The van der Waals surface area contributed by atoms with Gasteiger partial charge in [0, 0.05) is 36.9 Å². The van der Waals surface area contributed by atoms with Gasteiger partial charge in [-0.25, -0.2) is 4.68 Å². The summed E-state index contributed by atoms with van der Waals surface area (Å²) < 4.78 is 1.27. The van der Waals surface area contributed by atoms with Crippen molar-refractivity contribution >= 4 is 22.4 Å². The zero-order chi connectivity index (χ0) is 21.1. The van der Waals surface area contributed by atoms with Crippen LogP contribution in [0.15, 0.2) is 77.9 Å². The van der Waals surface area contributed by atoms with Gasteiger partial charge in [0.15, 0.2) is 0 Å². The van der Waals surface area contributed by atoms with Gasteiger partial charge in [0.25, 0.3) is 5.56 Å². The molecule has 150 valence electrons. The van der Waals surface area contributed by atoms with Gasteiger partial charge in [-0.05, 0) is 36.2 Å². The average molecular weight is 398 g/mol. The molecule has 4 aromatic rings. The highest BCUT2D eigenvalue weighted by molar-refractivity contribution is 5.93. The van der Waals surface area contributed by atoms with Crippen LogP contribution in [0.25, 0.3) is 10.8 Å². The van der Waals surface area contributed by atoms with Crippen LogP contribution in [0.1, 0.15) is 16.8 Å². The number of benzene rings is 2. The number of anilines is 1. The van der Waals surface area contributed by atoms with Crippen molar-refractivity contribution < 1.29 is 4.79 Å². The lowest BCUT2D eigenvalue weighted by molar-refractivity contribution is -0.119. The first-order chi connectivity index (χ1) is 14.5. The number of amides is 1. The Bertz CT molecular complexity index is 1270. The minimum Gasteiger partial charge on any atom is -0.314 e. The second-order valence-electron chi connectivity index (χ2n) is 7.23. The van der Waals surface area contributed by atoms with Gasteiger partial charge in [-0.1, -0.05) is 42.5 Å². The van der Waals surface area contributed by atoms with E-state index in [1.807, 2.05) is 61.5 Å². The Kier molecular flexibility index (Phi) is 5.39. The number of nitrogens with zero attached hydrogens (tertiary/aromatic N) is 4. The molecule has 0 spiro atoms. The maximum absolute atomic E-state index is 13.0. The molecule has 0 fully saturated rings. The standard InChI is InChI=1S/C24H22N4O2/c1-17-8-3-6-12-22(17)27(2)23(29)16-28-24(30)20-11-5-4-10-19(20)21(26-28)14-18-9-7-13-25-15-18/h3-13,15H,14,16H2,1-2H3. The molecule has 6 heteroatoms. The van der Waals surface area contributed by atoms with Gasteiger partial charge in [0.1, 0.15) is 6.54 Å². The Labute approximate surface area is 174 Å². The van der Waals surface area contributed by atoms with E-state index in [1.54, 1.807) is 30.4 Å². The van der Waals surface area contributed by atoms with Crippen molar-refractivity contribution in [2.24, 2.45) is 0 Å². The van der Waals surface area contributed by atoms with Crippen molar-refractivity contribution in [1.29, 1.82) is 0 Å². The third-order valence-electron chi connectivity index (χ3n) is 5.17. The molecule has 0 radical (unpaired) electrons. The van der Waals surface area contributed by atoms with Crippen LogP contribution < -0.4 is 10.5 Å². The fourth-order valence-corrected chi connectivity index (χ4v) is 3.55. The van der Waals surface area contributed by atoms with Crippen LogP contribution in [-0.4, -0.2) is 27.7 Å². The van der Waals surface area contributed by atoms with Gasteiger partial charge in [-0.15, -0.1) is 0 Å². The first-order valence-electron chi connectivity index (χ1n) is 9.74. The molecule has 0 atom stereocenters. The first kappa shape index (κ1) is 19.5. The number of carbonyl (C=O) groups excluding carboxylic acids is 1. The number of rotatable bonds is 5. The van der Waals surface area contributed by atoms with E-state index >= 15 is 0 Å². The number of hydrogen-bond donors (Lipinski definition) is 0. The molecular formula is C24H22N4O2. The summed E-state index contributed by atoms with van der Waals surface area (Å²) in [5.41, 5.74) is 3.26. The molecule has 0 saturated carbocycles. The maximum atomic E-state index is 13.0. The lowest BCUT2D eigenvalue weighted by Crippen LogP contribution is -2.36. The normalized spacial score (nSPS) is 10.9. The molecule has 0 unspecified atom stereocenters. The summed E-state index contributed by atoms with van der Waals surface area (Å²) >= 11 is 0. The Morgan fingerprint density at radius 2 is 1.73 bits per heavy atom. The second-order valence-corrected chi connectivity index (χ2v) is 7.23. The summed E-state index contributed by atoms with van der Waals surface area (Å²) in [7, 11) is 1.72. The van der Waals surface area contributed by atoms with E-state index in [0.29, 0.717) is 11.8 Å². The van der Waals surface area contributed by atoms with Gasteiger partial charge in [0.05, 0.1) is 11.1 Å². The van der Waals surface area contributed by atoms with Crippen molar-refractivity contribution in [3.8, 4) is 0 Å². The monoisotopic (exact) mass is 398 g/mol. The summed E-state index contributed by atoms with van der Waals surface area (Å²) in [6.07, 6.45) is 4.02. The predicted molar refractivity (Wildman–Crippen MR) is 118 cm³/mol. The molecule has 2 aromatic carbocycles. The van der Waals surface area contributed by atoms with E-state index in [4.69, 9.17) is 0 Å². The molecule has 0 bridgehead atoms. The minimum absolute atomic E-state index is 0.130. The summed E-state index contributed by atoms with van der Waals surface area (Å²) in [6, 6.07) is 18.9. The number of pyridine rings is 1.